The number of halogens is 1. The van der Waals surface area contributed by atoms with Crippen LogP contribution in [-0.2, 0) is 26.2 Å². The number of sulfonamides is 1. The van der Waals surface area contributed by atoms with Crippen molar-refractivity contribution >= 4 is 50.9 Å². The highest BCUT2D eigenvalue weighted by molar-refractivity contribution is 7.98. The number of nitrogens with one attached hydrogen (secondary N) is 1. The molecule has 40 heavy (non-hydrogen) atoms. The molecule has 7 nitrogen and oxygen atoms in total. The third kappa shape index (κ3) is 8.02. The molecule has 3 aromatic carbocycles. The number of carbonyl (C=O) groups is 2. The van der Waals surface area contributed by atoms with E-state index in [1.165, 1.54) is 28.8 Å². The smallest absolute Gasteiger partial charge is 0.264 e. The Bertz CT molecular complexity index is 1410. The number of amides is 2. The SMILES string of the molecule is CSc1ccc(S(=O)(=O)N(CC(=O)N(Cc2ccccc2Cl)C(C)C(=O)NCC(C)C)c2ccc(C)cc2)cc1. The van der Waals surface area contributed by atoms with Gasteiger partial charge in [0.15, 0.2) is 0 Å². The van der Waals surface area contributed by atoms with E-state index in [1.807, 2.05) is 27.0 Å². The standard InChI is InChI=1S/C30H36ClN3O4S2/c1-21(2)18-32-30(36)23(4)33(19-24-8-6-7-9-28(24)31)29(35)20-34(25-12-10-22(3)11-13-25)40(37,38)27-16-14-26(39-5)15-17-27/h6-17,21,23H,18-20H2,1-5H3,(H,32,36). The van der Waals surface area contributed by atoms with Crippen LogP contribution in [0.1, 0.15) is 31.9 Å². The number of carbonyl (C=O) groups excluding carboxylic acids is 2. The molecule has 0 saturated heterocycles. The molecule has 10 heteroatoms. The zero-order chi connectivity index (χ0) is 29.4. The van der Waals surface area contributed by atoms with Crippen molar-refractivity contribution in [2.45, 2.75) is 50.1 Å². The van der Waals surface area contributed by atoms with Crippen LogP contribution in [0, 0.1) is 12.8 Å². The first-order valence-corrected chi connectivity index (χ1v) is 16.0. The van der Waals surface area contributed by atoms with Gasteiger partial charge in [-0.2, -0.15) is 0 Å². The monoisotopic (exact) mass is 601 g/mol. The number of rotatable bonds is 12. The Kier molecular flexibility index (Phi) is 11.1. The Morgan fingerprint density at radius 2 is 1.57 bits per heavy atom. The molecule has 0 aliphatic rings. The minimum Gasteiger partial charge on any atom is -0.354 e. The minimum atomic E-state index is -4.12. The molecular formula is C30H36ClN3O4S2. The highest BCUT2D eigenvalue weighted by Gasteiger charge is 2.32. The van der Waals surface area contributed by atoms with E-state index in [0.717, 1.165) is 14.8 Å². The van der Waals surface area contributed by atoms with Crippen LogP contribution in [0.2, 0.25) is 5.02 Å². The first-order valence-electron chi connectivity index (χ1n) is 13.0. The summed E-state index contributed by atoms with van der Waals surface area (Å²) in [5, 5.41) is 3.33. The lowest BCUT2D eigenvalue weighted by Crippen LogP contribution is -2.51. The molecule has 2 amide bonds. The summed E-state index contributed by atoms with van der Waals surface area (Å²) in [6.07, 6.45) is 1.91. The maximum atomic E-state index is 14.0. The van der Waals surface area contributed by atoms with Gasteiger partial charge >= 0.3 is 0 Å². The second-order valence-corrected chi connectivity index (χ2v) is 13.1. The predicted octanol–water partition coefficient (Wildman–Crippen LogP) is 5.76. The van der Waals surface area contributed by atoms with Crippen LogP contribution < -0.4 is 9.62 Å². The average Bonchev–Trinajstić information content (AvgIpc) is 2.94. The van der Waals surface area contributed by atoms with Crippen LogP contribution in [0.25, 0.3) is 0 Å². The molecule has 0 spiro atoms. The zero-order valence-electron chi connectivity index (χ0n) is 23.4. The van der Waals surface area contributed by atoms with Gasteiger partial charge in [0.25, 0.3) is 10.0 Å². The summed E-state index contributed by atoms with van der Waals surface area (Å²) in [7, 11) is -4.12. The molecule has 1 N–H and O–H groups in total. The molecule has 0 aliphatic heterocycles. The fraction of sp³-hybridized carbons (Fsp3) is 0.333. The second-order valence-electron chi connectivity index (χ2n) is 9.95. The summed E-state index contributed by atoms with van der Waals surface area (Å²) in [6, 6.07) is 19.7. The maximum Gasteiger partial charge on any atom is 0.264 e. The summed E-state index contributed by atoms with van der Waals surface area (Å²) in [5.41, 5.74) is 1.95. The third-order valence-corrected chi connectivity index (χ3v) is 9.30. The van der Waals surface area contributed by atoms with Crippen LogP contribution in [0.5, 0.6) is 0 Å². The predicted molar refractivity (Wildman–Crippen MR) is 163 cm³/mol. The van der Waals surface area contributed by atoms with Crippen molar-refractivity contribution in [2.24, 2.45) is 5.92 Å². The van der Waals surface area contributed by atoms with Gasteiger partial charge in [-0.1, -0.05) is 61.3 Å². The van der Waals surface area contributed by atoms with Crippen LogP contribution in [0.3, 0.4) is 0 Å². The first kappa shape index (κ1) is 31.5. The van der Waals surface area contributed by atoms with Gasteiger partial charge in [0, 0.05) is 23.0 Å². The molecule has 1 unspecified atom stereocenters. The van der Waals surface area contributed by atoms with Crippen LogP contribution in [0.15, 0.2) is 82.6 Å². The van der Waals surface area contributed by atoms with Crippen LogP contribution >= 0.6 is 23.4 Å². The number of hydrogen-bond acceptors (Lipinski definition) is 5. The van der Waals surface area contributed by atoms with Gasteiger partial charge in [0.2, 0.25) is 11.8 Å². The Morgan fingerprint density at radius 1 is 0.950 bits per heavy atom. The fourth-order valence-corrected chi connectivity index (χ4v) is 5.98. The molecule has 0 bridgehead atoms. The van der Waals surface area contributed by atoms with E-state index in [-0.39, 0.29) is 23.3 Å². The van der Waals surface area contributed by atoms with E-state index in [4.69, 9.17) is 11.6 Å². The van der Waals surface area contributed by atoms with E-state index in [0.29, 0.717) is 22.8 Å². The lowest BCUT2D eigenvalue weighted by molar-refractivity contribution is -0.139. The van der Waals surface area contributed by atoms with Gasteiger partial charge < -0.3 is 10.2 Å². The Balaban J connectivity index is 2.02. The Labute approximate surface area is 247 Å². The molecule has 0 saturated carbocycles. The normalized spacial score (nSPS) is 12.2. The van der Waals surface area contributed by atoms with E-state index in [9.17, 15) is 18.0 Å². The molecule has 1 atom stereocenters. The molecule has 214 valence electrons. The van der Waals surface area contributed by atoms with Gasteiger partial charge in [-0.3, -0.25) is 13.9 Å². The number of aryl methyl sites for hydroxylation is 1. The molecular weight excluding hydrogens is 566 g/mol. The topological polar surface area (TPSA) is 86.8 Å². The number of thioether (sulfide) groups is 1. The van der Waals surface area contributed by atoms with E-state index >= 15 is 0 Å². The molecule has 3 aromatic rings. The summed E-state index contributed by atoms with van der Waals surface area (Å²) in [5.74, 6) is -0.632. The van der Waals surface area contributed by atoms with E-state index < -0.39 is 28.5 Å². The van der Waals surface area contributed by atoms with Gasteiger partial charge in [-0.25, -0.2) is 8.42 Å². The quantitative estimate of drug-likeness (QED) is 0.267. The highest BCUT2D eigenvalue weighted by atomic mass is 35.5. The molecule has 0 aliphatic carbocycles. The van der Waals surface area contributed by atoms with Crippen LogP contribution in [0.4, 0.5) is 5.69 Å². The van der Waals surface area contributed by atoms with E-state index in [1.54, 1.807) is 67.6 Å². The summed E-state index contributed by atoms with van der Waals surface area (Å²) < 4.78 is 28.9. The average molecular weight is 602 g/mol. The molecule has 0 heterocycles. The van der Waals surface area contributed by atoms with Crippen molar-refractivity contribution < 1.29 is 18.0 Å². The summed E-state index contributed by atoms with van der Waals surface area (Å²) in [6.45, 7) is 7.49. The molecule has 0 fully saturated rings. The maximum absolute atomic E-state index is 14.0. The van der Waals surface area contributed by atoms with Crippen molar-refractivity contribution in [1.29, 1.82) is 0 Å². The number of nitrogens with zero attached hydrogens (tertiary/aromatic N) is 2. The molecule has 0 aromatic heterocycles. The van der Waals surface area contributed by atoms with Crippen molar-refractivity contribution in [3.63, 3.8) is 0 Å². The first-order chi connectivity index (χ1) is 18.9. The van der Waals surface area contributed by atoms with E-state index in [2.05, 4.69) is 5.32 Å². The van der Waals surface area contributed by atoms with Gasteiger partial charge in [0.1, 0.15) is 12.6 Å². The Hall–Kier alpha value is -3.01. The van der Waals surface area contributed by atoms with Gasteiger partial charge in [0.05, 0.1) is 10.6 Å². The third-order valence-electron chi connectivity index (χ3n) is 6.40. The number of benzene rings is 3. The van der Waals surface area contributed by atoms with Gasteiger partial charge in [-0.05, 0) is 74.0 Å². The summed E-state index contributed by atoms with van der Waals surface area (Å²) in [4.78, 5) is 29.4. The lowest BCUT2D eigenvalue weighted by Gasteiger charge is -2.32. The van der Waals surface area contributed by atoms with Crippen molar-refractivity contribution in [3.05, 3.63) is 88.9 Å². The van der Waals surface area contributed by atoms with Gasteiger partial charge in [-0.15, -0.1) is 11.8 Å². The Morgan fingerprint density at radius 3 is 2.15 bits per heavy atom. The highest BCUT2D eigenvalue weighted by Crippen LogP contribution is 2.27. The number of hydrogen-bond donors (Lipinski definition) is 1. The van der Waals surface area contributed by atoms with Crippen LogP contribution in [-0.4, -0.2) is 50.5 Å². The lowest BCUT2D eigenvalue weighted by atomic mass is 10.1. The molecule has 3 rings (SSSR count). The largest absolute Gasteiger partial charge is 0.354 e. The van der Waals surface area contributed by atoms with Crippen molar-refractivity contribution in [2.75, 3.05) is 23.7 Å². The fourth-order valence-electron chi connectivity index (χ4n) is 3.96. The second kappa shape index (κ2) is 14.1. The summed E-state index contributed by atoms with van der Waals surface area (Å²) >= 11 is 7.91. The minimum absolute atomic E-state index is 0.0407. The van der Waals surface area contributed by atoms with Crippen molar-refractivity contribution in [3.8, 4) is 0 Å². The zero-order valence-corrected chi connectivity index (χ0v) is 25.8. The number of anilines is 1. The molecule has 0 radical (unpaired) electrons. The van der Waals surface area contributed by atoms with Crippen molar-refractivity contribution in [1.82, 2.24) is 10.2 Å².